The van der Waals surface area contributed by atoms with Gasteiger partial charge in [-0.1, -0.05) is 98.9 Å². The van der Waals surface area contributed by atoms with Crippen LogP contribution in [0.2, 0.25) is 0 Å². The average molecular weight is 995 g/mol. The topological polar surface area (TPSA) is 321 Å². The van der Waals surface area contributed by atoms with Crippen molar-refractivity contribution < 1.29 is 84.3 Å². The molecule has 0 aromatic carbocycles. The van der Waals surface area contributed by atoms with Crippen LogP contribution in [0.5, 0.6) is 0 Å². The molecule has 1 amide bonds. The van der Waals surface area contributed by atoms with E-state index in [4.69, 9.17) is 29.4 Å². The molecule has 0 radical (unpaired) electrons. The van der Waals surface area contributed by atoms with Crippen molar-refractivity contribution in [1.29, 1.82) is 0 Å². The number of nitrogens with one attached hydrogen (secondary N) is 1. The van der Waals surface area contributed by atoms with E-state index in [0.29, 0.717) is 13.0 Å². The summed E-state index contributed by atoms with van der Waals surface area (Å²) in [5.74, 6) is -5.59. The van der Waals surface area contributed by atoms with Crippen molar-refractivity contribution >= 4 is 11.9 Å². The number of fused-ring (bicyclic) bond motifs is 2. The number of carbonyl (C=O) groups excluding carboxylic acids is 2. The number of amides is 1. The minimum atomic E-state index is -2.27. The molecule has 19 atom stereocenters. The van der Waals surface area contributed by atoms with Crippen molar-refractivity contribution in [3.8, 4) is 0 Å². The van der Waals surface area contributed by atoms with Gasteiger partial charge in [-0.05, 0) is 39.5 Å². The van der Waals surface area contributed by atoms with E-state index >= 15 is 0 Å². The van der Waals surface area contributed by atoms with Crippen LogP contribution in [-0.2, 0) is 33.3 Å². The van der Waals surface area contributed by atoms with Crippen molar-refractivity contribution in [2.24, 2.45) is 23.5 Å². The summed E-state index contributed by atoms with van der Waals surface area (Å²) >= 11 is 0. The van der Waals surface area contributed by atoms with Gasteiger partial charge >= 0.3 is 5.97 Å². The molecule has 0 aromatic rings. The molecular formula is C51H82N2O17. The molecule has 0 aliphatic carbocycles. The summed E-state index contributed by atoms with van der Waals surface area (Å²) in [5, 5.41) is 112. The van der Waals surface area contributed by atoms with Gasteiger partial charge in [0, 0.05) is 57.8 Å². The highest BCUT2D eigenvalue weighted by molar-refractivity contribution is 5.80. The second kappa shape index (κ2) is 31.2. The number of methoxy groups -OCH3 is 1. The normalized spacial score (nSPS) is 43.1. The fraction of sp³-hybridized carbons (Fsp3) is 0.686. The van der Waals surface area contributed by atoms with Gasteiger partial charge < -0.3 is 85.8 Å². The molecule has 2 bridgehead atoms. The van der Waals surface area contributed by atoms with Gasteiger partial charge in [0.1, 0.15) is 12.2 Å². The van der Waals surface area contributed by atoms with E-state index in [1.807, 2.05) is 43.4 Å². The van der Waals surface area contributed by atoms with E-state index in [0.717, 1.165) is 0 Å². The lowest BCUT2D eigenvalue weighted by molar-refractivity contribution is -0.307. The smallest absolute Gasteiger partial charge is 0.308 e. The molecule has 0 spiro atoms. The fourth-order valence-electron chi connectivity index (χ4n) is 8.54. The predicted molar refractivity (Wildman–Crippen MR) is 259 cm³/mol. The fourth-order valence-corrected chi connectivity index (χ4v) is 8.54. The van der Waals surface area contributed by atoms with Crippen molar-refractivity contribution in [3.05, 3.63) is 85.1 Å². The minimum Gasteiger partial charge on any atom is -0.462 e. The zero-order valence-electron chi connectivity index (χ0n) is 41.2. The largest absolute Gasteiger partial charge is 0.462 e. The van der Waals surface area contributed by atoms with Gasteiger partial charge in [0.15, 0.2) is 12.1 Å². The maximum atomic E-state index is 13.7. The van der Waals surface area contributed by atoms with Gasteiger partial charge in [0.25, 0.3) is 0 Å². The predicted octanol–water partition coefficient (Wildman–Crippen LogP) is 0.780. The zero-order chi connectivity index (χ0) is 52.0. The van der Waals surface area contributed by atoms with Gasteiger partial charge in [-0.25, -0.2) is 0 Å². The third kappa shape index (κ3) is 20.9. The molecule has 2 fully saturated rings. The summed E-state index contributed by atoms with van der Waals surface area (Å²) in [6.07, 6.45) is 5.21. The molecule has 3 aliphatic rings. The van der Waals surface area contributed by atoms with Crippen molar-refractivity contribution in [3.63, 3.8) is 0 Å². The SMILES string of the molecule is COCCCNC(=O)[C@H]1[C@@H]2C[C@@H](O[C@@H]3O[C@H](C)[C@@H](O)[C@H](N)[C@@H]3O)/C=C/C=C/C=C/C=C/C=C/C=C/C=C/[C@H](C)[C@@H](O)[C@@H](C)[C@H](C)OC(=O)C[C@H](O)C[C@H](O)CC[C@@H](O)[C@H](O)C[C@H](O)C[C@](O)(C[C@@H]1O)O2. The summed E-state index contributed by atoms with van der Waals surface area (Å²) in [5.41, 5.74) is 6.10. The van der Waals surface area contributed by atoms with Crippen molar-refractivity contribution in [2.75, 3.05) is 20.3 Å². The summed E-state index contributed by atoms with van der Waals surface area (Å²) in [4.78, 5) is 26.4. The Bertz CT molecular complexity index is 1760. The van der Waals surface area contributed by atoms with Crippen LogP contribution in [0.4, 0.5) is 0 Å². The Morgan fingerprint density at radius 2 is 1.31 bits per heavy atom. The maximum Gasteiger partial charge on any atom is 0.308 e. The zero-order valence-corrected chi connectivity index (χ0v) is 41.2. The number of nitrogens with two attached hydrogens (primary N) is 1. The number of allylic oxidation sites excluding steroid dienone is 12. The number of hydrogen-bond acceptors (Lipinski definition) is 18. The van der Waals surface area contributed by atoms with Crippen LogP contribution in [-0.4, -0.2) is 181 Å². The molecule has 0 unspecified atom stereocenters. The molecule has 70 heavy (non-hydrogen) atoms. The molecule has 13 N–H and O–H groups in total. The van der Waals surface area contributed by atoms with E-state index in [9.17, 15) is 60.7 Å². The number of rotatable bonds is 7. The van der Waals surface area contributed by atoms with Gasteiger partial charge in [-0.3, -0.25) is 9.59 Å². The highest BCUT2D eigenvalue weighted by atomic mass is 16.7. The van der Waals surface area contributed by atoms with Crippen LogP contribution >= 0.6 is 0 Å². The Morgan fingerprint density at radius 1 is 0.714 bits per heavy atom. The number of carbonyl (C=O) groups is 2. The van der Waals surface area contributed by atoms with E-state index in [-0.39, 0.29) is 38.1 Å². The Hall–Kier alpha value is -3.48. The minimum absolute atomic E-state index is 0.0949. The van der Waals surface area contributed by atoms with Crippen LogP contribution in [0.3, 0.4) is 0 Å². The first-order valence-corrected chi connectivity index (χ1v) is 24.4. The average Bonchev–Trinajstić information content (AvgIpc) is 3.29. The van der Waals surface area contributed by atoms with Gasteiger partial charge in [0.05, 0.1) is 85.5 Å². The van der Waals surface area contributed by atoms with E-state index in [2.05, 4.69) is 5.32 Å². The summed E-state index contributed by atoms with van der Waals surface area (Å²) in [7, 11) is 1.52. The molecule has 2 saturated heterocycles. The van der Waals surface area contributed by atoms with Gasteiger partial charge in [-0.2, -0.15) is 0 Å². The first kappa shape index (κ1) is 60.8. The first-order valence-electron chi connectivity index (χ1n) is 24.4. The number of cyclic esters (lactones) is 1. The molecule has 19 nitrogen and oxygen atoms in total. The van der Waals surface area contributed by atoms with Crippen LogP contribution in [0.1, 0.15) is 85.5 Å². The molecule has 0 aromatic heterocycles. The number of esters is 1. The molecule has 19 heteroatoms. The lowest BCUT2D eigenvalue weighted by atomic mass is 9.82. The monoisotopic (exact) mass is 995 g/mol. The third-order valence-corrected chi connectivity index (χ3v) is 12.9. The van der Waals surface area contributed by atoms with Crippen LogP contribution in [0, 0.1) is 17.8 Å². The number of ether oxygens (including phenoxy) is 5. The quantitative estimate of drug-likeness (QED) is 0.124. The molecule has 3 heterocycles. The van der Waals surface area contributed by atoms with E-state index in [1.54, 1.807) is 69.4 Å². The maximum absolute atomic E-state index is 13.7. The Labute approximate surface area is 412 Å². The molecule has 3 rings (SSSR count). The Morgan fingerprint density at radius 3 is 1.93 bits per heavy atom. The van der Waals surface area contributed by atoms with Crippen LogP contribution in [0.15, 0.2) is 85.1 Å². The lowest BCUT2D eigenvalue weighted by Crippen LogP contribution is -2.62. The number of hydrogen-bond donors (Lipinski definition) is 12. The molecular weight excluding hydrogens is 913 g/mol. The Balaban J connectivity index is 1.92. The number of aliphatic hydroxyl groups is 10. The molecule has 398 valence electrons. The van der Waals surface area contributed by atoms with Gasteiger partial charge in [0.2, 0.25) is 5.91 Å². The van der Waals surface area contributed by atoms with Crippen LogP contribution < -0.4 is 11.1 Å². The first-order chi connectivity index (χ1) is 33.2. The second-order valence-corrected chi connectivity index (χ2v) is 18.9. The summed E-state index contributed by atoms with van der Waals surface area (Å²) < 4.78 is 28.8. The third-order valence-electron chi connectivity index (χ3n) is 12.9. The van der Waals surface area contributed by atoms with Crippen molar-refractivity contribution in [1.82, 2.24) is 5.32 Å². The number of aliphatic hydroxyl groups excluding tert-OH is 9. The van der Waals surface area contributed by atoms with Crippen LogP contribution in [0.25, 0.3) is 0 Å². The molecule has 3 aliphatic heterocycles. The highest BCUT2D eigenvalue weighted by Gasteiger charge is 2.51. The second-order valence-electron chi connectivity index (χ2n) is 18.9. The summed E-state index contributed by atoms with van der Waals surface area (Å²) in [6.45, 7) is 7.34. The van der Waals surface area contributed by atoms with Gasteiger partial charge in [-0.15, -0.1) is 0 Å². The highest BCUT2D eigenvalue weighted by Crippen LogP contribution is 2.38. The van der Waals surface area contributed by atoms with E-state index in [1.165, 1.54) is 7.11 Å². The summed E-state index contributed by atoms with van der Waals surface area (Å²) in [6, 6.07) is -1.13. The van der Waals surface area contributed by atoms with E-state index < -0.39 is 147 Å². The standard InChI is InChI=1S/C51H82N2O17/c1-31-19-16-14-12-10-8-6-7-9-11-13-15-17-20-38(69-50-48(63)45(52)47(62)34(4)68-50)28-42-44(49(64)53-23-18-24-66-5)41(59)30-51(65,70-42)29-37(56)26-40(58)39(57)22-21-35(54)25-36(55)27-43(60)67-33(3)32(2)46(31)61/h6-17,19-20,31-42,44-48,50,54-59,61-63,65H,18,21-30,52H2,1-5H3,(H,53,64)/b7-6+,10-8+,11-9+,14-12+,15-13+,19-16+,20-17+/t31-,32-,33-,34+,35+,36+,37-,38-,39+,40+,41-,42-,44+,45-,46+,47+,48-,50-,51+/m0/s1. The lowest BCUT2D eigenvalue weighted by Gasteiger charge is -2.46. The van der Waals surface area contributed by atoms with Crippen molar-refractivity contribution in [2.45, 2.75) is 183 Å². The molecule has 0 saturated carbocycles. The Kier molecular flexibility index (Phi) is 27.1.